The van der Waals surface area contributed by atoms with Gasteiger partial charge >= 0.3 is 5.97 Å². The molecule has 0 saturated carbocycles. The van der Waals surface area contributed by atoms with Gasteiger partial charge in [-0.3, -0.25) is 0 Å². The summed E-state index contributed by atoms with van der Waals surface area (Å²) in [5.74, 6) is -0.991. The van der Waals surface area contributed by atoms with Crippen LogP contribution in [0.4, 0.5) is 5.69 Å². The van der Waals surface area contributed by atoms with Crippen LogP contribution >= 0.6 is 0 Å². The van der Waals surface area contributed by atoms with Crippen molar-refractivity contribution in [3.05, 3.63) is 35.7 Å². The monoisotopic (exact) mass is 230 g/mol. The van der Waals surface area contributed by atoms with Gasteiger partial charge in [-0.05, 0) is 19.1 Å². The van der Waals surface area contributed by atoms with E-state index in [-0.39, 0.29) is 5.69 Å². The number of aromatic carboxylic acids is 1. The Kier molecular flexibility index (Phi) is 2.71. The Morgan fingerprint density at radius 2 is 2.00 bits per heavy atom. The zero-order valence-corrected chi connectivity index (χ0v) is 10.1. The third kappa shape index (κ3) is 1.93. The average molecular weight is 230 g/mol. The summed E-state index contributed by atoms with van der Waals surface area (Å²) in [6.07, 6.45) is 0. The summed E-state index contributed by atoms with van der Waals surface area (Å²) < 4.78 is 0. The van der Waals surface area contributed by atoms with Gasteiger partial charge in [-0.25, -0.2) is 9.78 Å². The van der Waals surface area contributed by atoms with E-state index in [1.165, 1.54) is 0 Å². The number of benzene rings is 1. The van der Waals surface area contributed by atoms with Gasteiger partial charge in [0.15, 0.2) is 5.69 Å². The molecular weight excluding hydrogens is 216 g/mol. The molecule has 88 valence electrons. The van der Waals surface area contributed by atoms with E-state index < -0.39 is 5.97 Å². The maximum Gasteiger partial charge on any atom is 0.355 e. The summed E-state index contributed by atoms with van der Waals surface area (Å²) in [7, 11) is 3.87. The van der Waals surface area contributed by atoms with Crippen molar-refractivity contribution in [1.29, 1.82) is 0 Å². The van der Waals surface area contributed by atoms with Crippen molar-refractivity contribution in [1.82, 2.24) is 4.98 Å². The number of nitrogens with zero attached hydrogens (tertiary/aromatic N) is 2. The Labute approximate surface area is 99.5 Å². The Bertz CT molecular complexity index is 591. The summed E-state index contributed by atoms with van der Waals surface area (Å²) in [6.45, 7) is 1.80. The highest BCUT2D eigenvalue weighted by atomic mass is 16.4. The smallest absolute Gasteiger partial charge is 0.355 e. The number of fused-ring (bicyclic) bond motifs is 1. The summed E-state index contributed by atoms with van der Waals surface area (Å²) >= 11 is 0. The fraction of sp³-hybridized carbons (Fsp3) is 0.231. The molecule has 0 fully saturated rings. The van der Waals surface area contributed by atoms with E-state index in [1.54, 1.807) is 13.0 Å². The van der Waals surface area contributed by atoms with Gasteiger partial charge in [0.25, 0.3) is 0 Å². The molecule has 2 rings (SSSR count). The SMILES string of the molecule is Cc1cc2c(N(C)C)cccc2c(C(=O)O)n1. The van der Waals surface area contributed by atoms with Crippen LogP contribution < -0.4 is 4.90 Å². The maximum atomic E-state index is 11.2. The molecule has 0 aliphatic rings. The fourth-order valence-electron chi connectivity index (χ4n) is 1.94. The molecule has 0 amide bonds. The standard InChI is InChI=1S/C13H14N2O2/c1-8-7-10-9(12(14-8)13(16)17)5-4-6-11(10)15(2)3/h4-7H,1-3H3,(H,16,17). The summed E-state index contributed by atoms with van der Waals surface area (Å²) in [6, 6.07) is 7.52. The normalized spacial score (nSPS) is 10.5. The number of hydrogen-bond acceptors (Lipinski definition) is 3. The predicted octanol–water partition coefficient (Wildman–Crippen LogP) is 2.31. The second kappa shape index (κ2) is 4.05. The van der Waals surface area contributed by atoms with Gasteiger partial charge in [0.05, 0.1) is 0 Å². The Morgan fingerprint density at radius 1 is 1.29 bits per heavy atom. The summed E-state index contributed by atoms with van der Waals surface area (Å²) in [5.41, 5.74) is 1.82. The van der Waals surface area contributed by atoms with Crippen molar-refractivity contribution in [2.24, 2.45) is 0 Å². The lowest BCUT2D eigenvalue weighted by molar-refractivity contribution is 0.0692. The van der Waals surface area contributed by atoms with Crippen molar-refractivity contribution < 1.29 is 9.90 Å². The highest BCUT2D eigenvalue weighted by molar-refractivity contribution is 6.06. The average Bonchev–Trinajstić information content (AvgIpc) is 2.26. The van der Waals surface area contributed by atoms with Gasteiger partial charge < -0.3 is 10.0 Å². The molecule has 0 radical (unpaired) electrons. The third-order valence-corrected chi connectivity index (χ3v) is 2.66. The molecule has 0 aliphatic heterocycles. The minimum atomic E-state index is -0.991. The molecule has 2 aromatic rings. The summed E-state index contributed by atoms with van der Waals surface area (Å²) in [4.78, 5) is 17.2. The molecule has 0 spiro atoms. The fourth-order valence-corrected chi connectivity index (χ4v) is 1.94. The lowest BCUT2D eigenvalue weighted by Crippen LogP contribution is -2.10. The van der Waals surface area contributed by atoms with E-state index in [1.807, 2.05) is 37.2 Å². The van der Waals surface area contributed by atoms with Crippen LogP contribution in [0.15, 0.2) is 24.3 Å². The first-order valence-electron chi connectivity index (χ1n) is 5.31. The van der Waals surface area contributed by atoms with Crippen molar-refractivity contribution >= 4 is 22.4 Å². The van der Waals surface area contributed by atoms with Crippen LogP contribution in [0.5, 0.6) is 0 Å². The minimum Gasteiger partial charge on any atom is -0.476 e. The number of carboxylic acids is 1. The molecule has 1 N–H and O–H groups in total. The number of aromatic nitrogens is 1. The van der Waals surface area contributed by atoms with Gasteiger partial charge in [0.2, 0.25) is 0 Å². The highest BCUT2D eigenvalue weighted by Crippen LogP contribution is 2.27. The Morgan fingerprint density at radius 3 is 2.59 bits per heavy atom. The number of carbonyl (C=O) groups is 1. The molecule has 0 unspecified atom stereocenters. The lowest BCUT2D eigenvalue weighted by atomic mass is 10.1. The van der Waals surface area contributed by atoms with Gasteiger partial charge in [-0.2, -0.15) is 0 Å². The van der Waals surface area contributed by atoms with Gasteiger partial charge in [0.1, 0.15) is 0 Å². The van der Waals surface area contributed by atoms with Crippen molar-refractivity contribution in [3.63, 3.8) is 0 Å². The largest absolute Gasteiger partial charge is 0.476 e. The maximum absolute atomic E-state index is 11.2. The molecule has 17 heavy (non-hydrogen) atoms. The van der Waals surface area contributed by atoms with E-state index >= 15 is 0 Å². The highest BCUT2D eigenvalue weighted by Gasteiger charge is 2.13. The van der Waals surface area contributed by atoms with Crippen LogP contribution in [0, 0.1) is 6.92 Å². The Hall–Kier alpha value is -2.10. The van der Waals surface area contributed by atoms with E-state index in [0.29, 0.717) is 11.1 Å². The van der Waals surface area contributed by atoms with E-state index in [9.17, 15) is 4.79 Å². The van der Waals surface area contributed by atoms with Crippen LogP contribution in [0.3, 0.4) is 0 Å². The van der Waals surface area contributed by atoms with E-state index in [4.69, 9.17) is 5.11 Å². The molecule has 1 aromatic carbocycles. The first kappa shape index (κ1) is 11.4. The quantitative estimate of drug-likeness (QED) is 0.860. The van der Waals surface area contributed by atoms with Gasteiger partial charge in [0, 0.05) is 36.2 Å². The molecule has 4 heteroatoms. The summed E-state index contributed by atoms with van der Waals surface area (Å²) in [5, 5.41) is 10.8. The van der Waals surface area contributed by atoms with Crippen LogP contribution in [0.1, 0.15) is 16.2 Å². The molecule has 4 nitrogen and oxygen atoms in total. The molecule has 0 aliphatic carbocycles. The molecule has 0 saturated heterocycles. The second-order valence-corrected chi connectivity index (χ2v) is 4.18. The number of carboxylic acid groups (broad SMARTS) is 1. The van der Waals surface area contributed by atoms with E-state index in [2.05, 4.69) is 4.98 Å². The van der Waals surface area contributed by atoms with Crippen molar-refractivity contribution in [2.45, 2.75) is 6.92 Å². The zero-order chi connectivity index (χ0) is 12.6. The first-order valence-corrected chi connectivity index (χ1v) is 5.31. The number of anilines is 1. The minimum absolute atomic E-state index is 0.115. The number of hydrogen-bond donors (Lipinski definition) is 1. The van der Waals surface area contributed by atoms with Crippen LogP contribution in [-0.2, 0) is 0 Å². The molecule has 1 heterocycles. The zero-order valence-electron chi connectivity index (χ0n) is 10.1. The van der Waals surface area contributed by atoms with Crippen molar-refractivity contribution in [3.8, 4) is 0 Å². The lowest BCUT2D eigenvalue weighted by Gasteiger charge is -2.16. The van der Waals surface area contributed by atoms with Crippen molar-refractivity contribution in [2.75, 3.05) is 19.0 Å². The van der Waals surface area contributed by atoms with Crippen LogP contribution in [0.25, 0.3) is 10.8 Å². The first-order chi connectivity index (χ1) is 8.00. The van der Waals surface area contributed by atoms with E-state index in [0.717, 1.165) is 11.1 Å². The predicted molar refractivity (Wildman–Crippen MR) is 67.8 cm³/mol. The number of aryl methyl sites for hydroxylation is 1. The molecular formula is C13H14N2O2. The third-order valence-electron chi connectivity index (χ3n) is 2.66. The molecule has 0 bridgehead atoms. The molecule has 0 atom stereocenters. The number of pyridine rings is 1. The number of rotatable bonds is 2. The molecule has 1 aromatic heterocycles. The second-order valence-electron chi connectivity index (χ2n) is 4.18. The van der Waals surface area contributed by atoms with Gasteiger partial charge in [-0.15, -0.1) is 0 Å². The Balaban J connectivity index is 2.88. The van der Waals surface area contributed by atoms with Crippen LogP contribution in [0.2, 0.25) is 0 Å². The van der Waals surface area contributed by atoms with Gasteiger partial charge in [-0.1, -0.05) is 12.1 Å². The van der Waals surface area contributed by atoms with Crippen LogP contribution in [-0.4, -0.2) is 30.2 Å². The topological polar surface area (TPSA) is 53.4 Å².